The highest BCUT2D eigenvalue weighted by molar-refractivity contribution is 5.86. The van der Waals surface area contributed by atoms with Gasteiger partial charge in [0.1, 0.15) is 23.7 Å². The molecule has 0 bridgehead atoms. The number of ether oxygens (including phenoxy) is 3. The number of hydrogen-bond acceptors (Lipinski definition) is 5. The summed E-state index contributed by atoms with van der Waals surface area (Å²) in [5.41, 5.74) is 2.40. The summed E-state index contributed by atoms with van der Waals surface area (Å²) in [5, 5.41) is 10.5. The number of fused-ring (bicyclic) bond motifs is 1. The van der Waals surface area contributed by atoms with Crippen molar-refractivity contribution < 1.29 is 23.7 Å². The van der Waals surface area contributed by atoms with E-state index in [-0.39, 0.29) is 5.75 Å². The molecular weight excluding hydrogens is 356 g/mol. The first-order valence-electron chi connectivity index (χ1n) is 8.84. The van der Waals surface area contributed by atoms with Crippen LogP contribution in [0.4, 0.5) is 0 Å². The first-order valence-corrected chi connectivity index (χ1v) is 8.84. The summed E-state index contributed by atoms with van der Waals surface area (Å²) >= 11 is 0. The van der Waals surface area contributed by atoms with Gasteiger partial charge >= 0.3 is 0 Å². The Morgan fingerprint density at radius 3 is 2.39 bits per heavy atom. The number of hydrogen-bond donors (Lipinski definition) is 1. The Balaban J connectivity index is 1.71. The van der Waals surface area contributed by atoms with Crippen LogP contribution in [0, 0.1) is 0 Å². The van der Waals surface area contributed by atoms with E-state index in [1.54, 1.807) is 32.4 Å². The Morgan fingerprint density at radius 2 is 1.64 bits per heavy atom. The fraction of sp³-hybridized carbons (Fsp3) is 0.130. The van der Waals surface area contributed by atoms with Crippen LogP contribution in [0.2, 0.25) is 0 Å². The third-order valence-electron chi connectivity index (χ3n) is 4.49. The van der Waals surface area contributed by atoms with Crippen LogP contribution in [0.5, 0.6) is 23.0 Å². The molecule has 1 heterocycles. The van der Waals surface area contributed by atoms with E-state index in [0.717, 1.165) is 16.5 Å². The highest BCUT2D eigenvalue weighted by Crippen LogP contribution is 2.45. The molecule has 0 aliphatic carbocycles. The Hall–Kier alpha value is -3.60. The predicted octanol–water partition coefficient (Wildman–Crippen LogP) is 5.40. The van der Waals surface area contributed by atoms with Crippen LogP contribution in [0.3, 0.4) is 0 Å². The van der Waals surface area contributed by atoms with Crippen LogP contribution in [-0.2, 0) is 6.61 Å². The lowest BCUT2D eigenvalue weighted by molar-refractivity contribution is 0.275. The fourth-order valence-corrected chi connectivity index (χ4v) is 3.14. The van der Waals surface area contributed by atoms with Crippen molar-refractivity contribution >= 4 is 11.0 Å². The molecule has 5 nitrogen and oxygen atoms in total. The topological polar surface area (TPSA) is 61.1 Å². The number of rotatable bonds is 6. The Bertz CT molecular complexity index is 1100. The first-order chi connectivity index (χ1) is 13.7. The standard InChI is InChI=1S/C23H20O5/c1-25-22-18(21-12-16-8-9-17(24)13-20(16)28-21)10-11-19(23(22)26-2)27-14-15-6-4-3-5-7-15/h3-13,24H,14H2,1-2H3. The van der Waals surface area contributed by atoms with Crippen LogP contribution in [0.1, 0.15) is 5.56 Å². The third kappa shape index (κ3) is 3.34. The van der Waals surface area contributed by atoms with Crippen LogP contribution in [0.15, 0.2) is 71.1 Å². The van der Waals surface area contributed by atoms with Gasteiger partial charge in [0, 0.05) is 11.5 Å². The van der Waals surface area contributed by atoms with Crippen LogP contribution < -0.4 is 14.2 Å². The number of benzene rings is 3. The second-order valence-corrected chi connectivity index (χ2v) is 6.28. The molecule has 1 aromatic heterocycles. The van der Waals surface area contributed by atoms with Crippen LogP contribution in [-0.4, -0.2) is 19.3 Å². The zero-order valence-corrected chi connectivity index (χ0v) is 15.6. The molecule has 0 amide bonds. The number of phenolic OH excluding ortho intramolecular Hbond substituents is 1. The van der Waals surface area contributed by atoms with Crippen molar-refractivity contribution in [2.24, 2.45) is 0 Å². The zero-order chi connectivity index (χ0) is 19.5. The number of phenols is 1. The van der Waals surface area contributed by atoms with Crippen molar-refractivity contribution in [3.63, 3.8) is 0 Å². The van der Waals surface area contributed by atoms with Crippen molar-refractivity contribution in [1.82, 2.24) is 0 Å². The molecule has 0 radical (unpaired) electrons. The van der Waals surface area contributed by atoms with E-state index in [1.807, 2.05) is 48.5 Å². The monoisotopic (exact) mass is 376 g/mol. The SMILES string of the molecule is COc1c(OCc2ccccc2)ccc(-c2cc3ccc(O)cc3o2)c1OC. The molecule has 0 saturated heterocycles. The van der Waals surface area contributed by atoms with E-state index < -0.39 is 0 Å². The number of methoxy groups -OCH3 is 2. The van der Waals surface area contributed by atoms with Crippen molar-refractivity contribution in [3.8, 4) is 34.3 Å². The lowest BCUT2D eigenvalue weighted by atomic mass is 10.1. The number of furan rings is 1. The molecule has 5 heteroatoms. The molecule has 0 saturated carbocycles. The molecule has 28 heavy (non-hydrogen) atoms. The Morgan fingerprint density at radius 1 is 0.857 bits per heavy atom. The van der Waals surface area contributed by atoms with Gasteiger partial charge in [0.15, 0.2) is 11.5 Å². The molecule has 0 fully saturated rings. The van der Waals surface area contributed by atoms with Gasteiger partial charge in [-0.05, 0) is 35.9 Å². The molecule has 142 valence electrons. The average molecular weight is 376 g/mol. The molecule has 4 aromatic rings. The minimum atomic E-state index is 0.155. The molecule has 0 unspecified atom stereocenters. The maximum atomic E-state index is 9.66. The average Bonchev–Trinajstić information content (AvgIpc) is 3.15. The zero-order valence-electron chi connectivity index (χ0n) is 15.6. The summed E-state index contributed by atoms with van der Waals surface area (Å²) in [6, 6.07) is 20.5. The summed E-state index contributed by atoms with van der Waals surface area (Å²) in [7, 11) is 3.16. The van der Waals surface area contributed by atoms with Crippen LogP contribution in [0.25, 0.3) is 22.3 Å². The predicted molar refractivity (Wildman–Crippen MR) is 107 cm³/mol. The van der Waals surface area contributed by atoms with Crippen molar-refractivity contribution in [1.29, 1.82) is 0 Å². The van der Waals surface area contributed by atoms with Crippen molar-refractivity contribution in [3.05, 3.63) is 72.3 Å². The van der Waals surface area contributed by atoms with Gasteiger partial charge in [-0.1, -0.05) is 30.3 Å². The normalized spacial score (nSPS) is 10.8. The molecule has 0 aliphatic rings. The largest absolute Gasteiger partial charge is 0.508 e. The molecule has 1 N–H and O–H groups in total. The van der Waals surface area contributed by atoms with Gasteiger partial charge in [0.05, 0.1) is 19.8 Å². The molecule has 0 atom stereocenters. The van der Waals surface area contributed by atoms with Gasteiger partial charge in [-0.15, -0.1) is 0 Å². The summed E-state index contributed by atoms with van der Waals surface area (Å²) in [6.45, 7) is 0.420. The van der Waals surface area contributed by atoms with E-state index >= 15 is 0 Å². The van der Waals surface area contributed by atoms with Gasteiger partial charge in [0.2, 0.25) is 5.75 Å². The Labute approximate surface area is 162 Å². The maximum absolute atomic E-state index is 9.66. The molecule has 0 aliphatic heterocycles. The summed E-state index contributed by atoms with van der Waals surface area (Å²) in [6.07, 6.45) is 0. The molecule has 3 aromatic carbocycles. The first kappa shape index (κ1) is 17.8. The highest BCUT2D eigenvalue weighted by atomic mass is 16.5. The smallest absolute Gasteiger partial charge is 0.204 e. The van der Waals surface area contributed by atoms with Crippen molar-refractivity contribution in [2.75, 3.05) is 14.2 Å². The van der Waals surface area contributed by atoms with E-state index in [1.165, 1.54) is 0 Å². The van der Waals surface area contributed by atoms with Gasteiger partial charge in [-0.2, -0.15) is 0 Å². The summed E-state index contributed by atoms with van der Waals surface area (Å²) < 4.78 is 23.1. The number of aromatic hydroxyl groups is 1. The highest BCUT2D eigenvalue weighted by Gasteiger charge is 2.20. The van der Waals surface area contributed by atoms with E-state index in [4.69, 9.17) is 18.6 Å². The Kier molecular flexibility index (Phi) is 4.81. The maximum Gasteiger partial charge on any atom is 0.204 e. The van der Waals surface area contributed by atoms with Gasteiger partial charge in [-0.3, -0.25) is 0 Å². The second kappa shape index (κ2) is 7.56. The van der Waals surface area contributed by atoms with E-state index in [0.29, 0.717) is 35.2 Å². The molecular formula is C23H20O5. The van der Waals surface area contributed by atoms with E-state index in [9.17, 15) is 5.11 Å². The fourth-order valence-electron chi connectivity index (χ4n) is 3.14. The lowest BCUT2D eigenvalue weighted by Gasteiger charge is -2.16. The molecule has 0 spiro atoms. The lowest BCUT2D eigenvalue weighted by Crippen LogP contribution is -2.00. The third-order valence-corrected chi connectivity index (χ3v) is 4.49. The van der Waals surface area contributed by atoms with Gasteiger partial charge < -0.3 is 23.7 Å². The molecule has 4 rings (SSSR count). The van der Waals surface area contributed by atoms with Crippen molar-refractivity contribution in [2.45, 2.75) is 6.61 Å². The van der Waals surface area contributed by atoms with Gasteiger partial charge in [0.25, 0.3) is 0 Å². The minimum Gasteiger partial charge on any atom is -0.508 e. The second-order valence-electron chi connectivity index (χ2n) is 6.28. The summed E-state index contributed by atoms with van der Waals surface area (Å²) in [4.78, 5) is 0. The van der Waals surface area contributed by atoms with Gasteiger partial charge in [-0.25, -0.2) is 0 Å². The quantitative estimate of drug-likeness (QED) is 0.488. The van der Waals surface area contributed by atoms with E-state index in [2.05, 4.69) is 0 Å². The summed E-state index contributed by atoms with van der Waals surface area (Å²) in [5.74, 6) is 2.38. The minimum absolute atomic E-state index is 0.155. The van der Waals surface area contributed by atoms with Crippen LogP contribution >= 0.6 is 0 Å².